The van der Waals surface area contributed by atoms with Crippen molar-refractivity contribution in [3.63, 3.8) is 0 Å². The van der Waals surface area contributed by atoms with Gasteiger partial charge in [0.2, 0.25) is 0 Å². The minimum Gasteiger partial charge on any atom is -0.487 e. The largest absolute Gasteiger partial charge is 0.487 e. The lowest BCUT2D eigenvalue weighted by molar-refractivity contribution is 0.101. The Bertz CT molecular complexity index is 1240. The first kappa shape index (κ1) is 21.2. The van der Waals surface area contributed by atoms with E-state index in [1.807, 2.05) is 12.3 Å². The van der Waals surface area contributed by atoms with Gasteiger partial charge in [-0.2, -0.15) is 0 Å². The van der Waals surface area contributed by atoms with E-state index in [4.69, 9.17) is 4.74 Å². The number of carbonyl (C=O) groups excluding carboxylic acids is 2. The Morgan fingerprint density at radius 1 is 0.938 bits per heavy atom. The third-order valence-electron chi connectivity index (χ3n) is 4.44. The maximum Gasteiger partial charge on any atom is 0.256 e. The maximum absolute atomic E-state index is 12.7. The van der Waals surface area contributed by atoms with Crippen molar-refractivity contribution >= 4 is 34.7 Å². The Morgan fingerprint density at radius 2 is 1.72 bits per heavy atom. The van der Waals surface area contributed by atoms with Gasteiger partial charge in [-0.25, -0.2) is 9.97 Å². The fraction of sp³-hybridized carbons (Fsp3) is 0.0833. The number of hydrogen-bond donors (Lipinski definition) is 2. The highest BCUT2D eigenvalue weighted by Gasteiger charge is 2.11. The van der Waals surface area contributed by atoms with Crippen LogP contribution in [0.25, 0.3) is 0 Å². The molecule has 32 heavy (non-hydrogen) atoms. The summed E-state index contributed by atoms with van der Waals surface area (Å²) in [5.74, 6) is 0.415. The van der Waals surface area contributed by atoms with Gasteiger partial charge in [0.25, 0.3) is 11.8 Å². The average molecular weight is 445 g/mol. The van der Waals surface area contributed by atoms with Crippen LogP contribution in [-0.2, 0) is 6.61 Å². The van der Waals surface area contributed by atoms with Gasteiger partial charge in [0, 0.05) is 28.4 Å². The first-order chi connectivity index (χ1) is 15.6. The first-order valence-electron chi connectivity index (χ1n) is 9.84. The number of anilines is 2. The number of rotatable bonds is 7. The van der Waals surface area contributed by atoms with Gasteiger partial charge in [-0.05, 0) is 55.5 Å². The van der Waals surface area contributed by atoms with Gasteiger partial charge in [0.1, 0.15) is 18.2 Å². The second-order valence-electron chi connectivity index (χ2n) is 6.88. The molecule has 160 valence electrons. The van der Waals surface area contributed by atoms with Crippen LogP contribution in [0.2, 0.25) is 0 Å². The zero-order valence-electron chi connectivity index (χ0n) is 17.2. The van der Waals surface area contributed by atoms with Crippen LogP contribution in [0.3, 0.4) is 0 Å². The van der Waals surface area contributed by atoms with Crippen molar-refractivity contribution in [2.75, 3.05) is 10.6 Å². The Hall–Kier alpha value is -4.04. The molecule has 2 N–H and O–H groups in total. The van der Waals surface area contributed by atoms with Gasteiger partial charge in [0.15, 0.2) is 0 Å². The Morgan fingerprint density at radius 3 is 2.47 bits per heavy atom. The summed E-state index contributed by atoms with van der Waals surface area (Å²) < 4.78 is 5.76. The molecule has 0 aliphatic rings. The third kappa shape index (κ3) is 5.55. The molecule has 0 radical (unpaired) electrons. The van der Waals surface area contributed by atoms with Crippen molar-refractivity contribution in [3.8, 4) is 5.75 Å². The molecule has 0 aliphatic carbocycles. The smallest absolute Gasteiger partial charge is 0.256 e. The van der Waals surface area contributed by atoms with Crippen LogP contribution >= 0.6 is 11.3 Å². The zero-order chi connectivity index (χ0) is 22.3. The molecule has 2 aromatic carbocycles. The normalized spacial score (nSPS) is 10.4. The highest BCUT2D eigenvalue weighted by molar-refractivity contribution is 7.09. The van der Waals surface area contributed by atoms with E-state index >= 15 is 0 Å². The highest BCUT2D eigenvalue weighted by Crippen LogP contribution is 2.18. The molecule has 0 saturated carbocycles. The van der Waals surface area contributed by atoms with Crippen molar-refractivity contribution in [2.45, 2.75) is 13.5 Å². The van der Waals surface area contributed by atoms with Gasteiger partial charge >= 0.3 is 0 Å². The molecule has 0 atom stereocenters. The molecule has 0 saturated heterocycles. The molecule has 4 aromatic rings. The quantitative estimate of drug-likeness (QED) is 0.422. The molecule has 7 nitrogen and oxygen atoms in total. The minimum atomic E-state index is -0.313. The van der Waals surface area contributed by atoms with E-state index in [1.54, 1.807) is 84.3 Å². The summed E-state index contributed by atoms with van der Waals surface area (Å²) >= 11 is 1.57. The van der Waals surface area contributed by atoms with E-state index in [0.717, 1.165) is 10.7 Å². The van der Waals surface area contributed by atoms with Crippen LogP contribution in [0.5, 0.6) is 5.75 Å². The fourth-order valence-corrected chi connectivity index (χ4v) is 3.52. The second kappa shape index (κ2) is 9.84. The van der Waals surface area contributed by atoms with Crippen molar-refractivity contribution in [2.24, 2.45) is 0 Å². The SMILES string of the molecule is Cc1nc(COc2cccc(C(=O)Nc3cccc(C(=O)Nc4ccccn4)c3)c2)cs1. The summed E-state index contributed by atoms with van der Waals surface area (Å²) in [6.45, 7) is 2.28. The van der Waals surface area contributed by atoms with Crippen molar-refractivity contribution in [1.82, 2.24) is 9.97 Å². The van der Waals surface area contributed by atoms with Crippen molar-refractivity contribution in [1.29, 1.82) is 0 Å². The summed E-state index contributed by atoms with van der Waals surface area (Å²) in [5.41, 5.74) is 2.21. The van der Waals surface area contributed by atoms with Crippen molar-refractivity contribution in [3.05, 3.63) is 100 Å². The van der Waals surface area contributed by atoms with Gasteiger partial charge in [-0.1, -0.05) is 18.2 Å². The Balaban J connectivity index is 1.40. The predicted octanol–water partition coefficient (Wildman–Crippen LogP) is 4.93. The van der Waals surface area contributed by atoms with Gasteiger partial charge in [-0.15, -0.1) is 11.3 Å². The Kier molecular flexibility index (Phi) is 6.52. The molecule has 0 unspecified atom stereocenters. The molecule has 8 heteroatoms. The fourth-order valence-electron chi connectivity index (χ4n) is 2.93. The van der Waals surface area contributed by atoms with Crippen molar-refractivity contribution < 1.29 is 14.3 Å². The Labute approximate surface area is 189 Å². The topological polar surface area (TPSA) is 93.2 Å². The number of nitrogens with zero attached hydrogens (tertiary/aromatic N) is 2. The number of carbonyl (C=O) groups is 2. The van der Waals surface area contributed by atoms with Crippen LogP contribution in [-0.4, -0.2) is 21.8 Å². The standard InChI is InChI=1S/C24H20N4O3S/c1-16-26-20(15-32-16)14-31-21-9-5-7-18(13-21)23(29)27-19-8-4-6-17(12-19)24(30)28-22-10-2-3-11-25-22/h2-13,15H,14H2,1H3,(H,27,29)(H,25,28,30). The van der Waals surface area contributed by atoms with Gasteiger partial charge in [-0.3, -0.25) is 9.59 Å². The monoisotopic (exact) mass is 444 g/mol. The molecule has 0 spiro atoms. The number of amides is 2. The molecule has 2 aromatic heterocycles. The van der Waals surface area contributed by atoms with E-state index in [2.05, 4.69) is 20.6 Å². The number of aryl methyl sites for hydroxylation is 1. The number of aromatic nitrogens is 2. The summed E-state index contributed by atoms with van der Waals surface area (Å²) in [5, 5.41) is 8.47. The van der Waals surface area contributed by atoms with Crippen LogP contribution in [0, 0.1) is 6.92 Å². The average Bonchev–Trinajstić information content (AvgIpc) is 3.24. The van der Waals surface area contributed by atoms with E-state index in [9.17, 15) is 9.59 Å². The van der Waals surface area contributed by atoms with E-state index in [-0.39, 0.29) is 11.8 Å². The van der Waals surface area contributed by atoms with E-state index in [0.29, 0.717) is 35.0 Å². The summed E-state index contributed by atoms with van der Waals surface area (Å²) in [7, 11) is 0. The van der Waals surface area contributed by atoms with Crippen LogP contribution in [0.15, 0.2) is 78.3 Å². The molecule has 0 fully saturated rings. The van der Waals surface area contributed by atoms with E-state index < -0.39 is 0 Å². The second-order valence-corrected chi connectivity index (χ2v) is 7.94. The highest BCUT2D eigenvalue weighted by atomic mass is 32.1. The van der Waals surface area contributed by atoms with Crippen LogP contribution in [0.4, 0.5) is 11.5 Å². The molecule has 0 aliphatic heterocycles. The number of nitrogens with one attached hydrogen (secondary N) is 2. The number of thiazole rings is 1. The maximum atomic E-state index is 12.7. The third-order valence-corrected chi connectivity index (χ3v) is 5.26. The molecule has 2 heterocycles. The van der Waals surface area contributed by atoms with Crippen LogP contribution in [0.1, 0.15) is 31.4 Å². The summed E-state index contributed by atoms with van der Waals surface area (Å²) in [6, 6.07) is 18.9. The zero-order valence-corrected chi connectivity index (χ0v) is 18.1. The lowest BCUT2D eigenvalue weighted by Gasteiger charge is -2.09. The molecule has 2 amide bonds. The van der Waals surface area contributed by atoms with Gasteiger partial charge in [0.05, 0.1) is 10.7 Å². The van der Waals surface area contributed by atoms with Gasteiger partial charge < -0.3 is 15.4 Å². The number of benzene rings is 2. The molecular formula is C24H20N4O3S. The molecule has 0 bridgehead atoms. The summed E-state index contributed by atoms with van der Waals surface area (Å²) in [6.07, 6.45) is 1.60. The number of ether oxygens (including phenoxy) is 1. The molecule has 4 rings (SSSR count). The summed E-state index contributed by atoms with van der Waals surface area (Å²) in [4.78, 5) is 33.6. The lowest BCUT2D eigenvalue weighted by Crippen LogP contribution is -2.15. The number of pyridine rings is 1. The minimum absolute atomic E-state index is 0.303. The lowest BCUT2D eigenvalue weighted by atomic mass is 10.1. The first-order valence-corrected chi connectivity index (χ1v) is 10.7. The van der Waals surface area contributed by atoms with Crippen LogP contribution < -0.4 is 15.4 Å². The predicted molar refractivity (Wildman–Crippen MR) is 124 cm³/mol. The van der Waals surface area contributed by atoms with E-state index in [1.165, 1.54) is 0 Å². The molecular weight excluding hydrogens is 424 g/mol. The number of hydrogen-bond acceptors (Lipinski definition) is 6.